The molecule has 1 aromatic carbocycles. The fourth-order valence-corrected chi connectivity index (χ4v) is 6.92. The first-order chi connectivity index (χ1) is 12.5. The maximum Gasteiger partial charge on any atom is 0.338 e. The Balaban J connectivity index is 1.87. The van der Waals surface area contributed by atoms with Crippen molar-refractivity contribution >= 4 is 35.5 Å². The molecular formula is C17H19N3O4S2. The number of esters is 2. The average molecular weight is 393 g/mol. The zero-order valence-corrected chi connectivity index (χ0v) is 15.9. The van der Waals surface area contributed by atoms with Crippen molar-refractivity contribution in [2.75, 3.05) is 11.5 Å². The van der Waals surface area contributed by atoms with Gasteiger partial charge in [-0.3, -0.25) is 4.79 Å². The van der Waals surface area contributed by atoms with Gasteiger partial charge >= 0.3 is 11.9 Å². The monoisotopic (exact) mass is 393 g/mol. The van der Waals surface area contributed by atoms with Crippen molar-refractivity contribution in [1.82, 2.24) is 0 Å². The molecule has 1 aromatic rings. The molecule has 26 heavy (non-hydrogen) atoms. The number of rotatable bonds is 4. The Morgan fingerprint density at radius 1 is 1.23 bits per heavy atom. The van der Waals surface area contributed by atoms with Crippen LogP contribution in [0.25, 0.3) is 10.4 Å². The van der Waals surface area contributed by atoms with E-state index in [2.05, 4.69) is 10.0 Å². The molecule has 0 radical (unpaired) electrons. The molecule has 1 heterocycles. The van der Waals surface area contributed by atoms with Gasteiger partial charge in [-0.25, -0.2) is 4.79 Å². The van der Waals surface area contributed by atoms with Crippen LogP contribution in [-0.4, -0.2) is 45.8 Å². The van der Waals surface area contributed by atoms with Crippen molar-refractivity contribution in [1.29, 1.82) is 0 Å². The number of carbonyl (C=O) groups excluding carboxylic acids is 2. The molecule has 9 heteroatoms. The van der Waals surface area contributed by atoms with Crippen molar-refractivity contribution in [3.8, 4) is 0 Å². The SMILES string of the molecule is CC(=O)O[C@@H]1CC(N=[N+]=[N-])[C@H](OC(=O)c2ccccc2)C2(C1)SCCS2. The van der Waals surface area contributed by atoms with E-state index in [1.54, 1.807) is 47.8 Å². The third-order valence-electron chi connectivity index (χ3n) is 4.35. The zero-order chi connectivity index (χ0) is 18.6. The Kier molecular flexibility index (Phi) is 6.01. The first kappa shape index (κ1) is 18.9. The molecule has 1 aliphatic heterocycles. The van der Waals surface area contributed by atoms with E-state index in [9.17, 15) is 9.59 Å². The van der Waals surface area contributed by atoms with Crippen molar-refractivity contribution in [3.63, 3.8) is 0 Å². The Bertz CT molecular complexity index is 718. The highest BCUT2D eigenvalue weighted by molar-refractivity contribution is 8.21. The van der Waals surface area contributed by atoms with Gasteiger partial charge in [-0.1, -0.05) is 23.3 Å². The number of thioether (sulfide) groups is 2. The lowest BCUT2D eigenvalue weighted by molar-refractivity contribution is -0.149. The largest absolute Gasteiger partial charge is 0.462 e. The smallest absolute Gasteiger partial charge is 0.338 e. The van der Waals surface area contributed by atoms with Crippen LogP contribution in [0.15, 0.2) is 35.4 Å². The number of benzene rings is 1. The van der Waals surface area contributed by atoms with Crippen LogP contribution >= 0.6 is 23.5 Å². The van der Waals surface area contributed by atoms with Crippen molar-refractivity contribution in [3.05, 3.63) is 46.3 Å². The first-order valence-corrected chi connectivity index (χ1v) is 10.3. The third-order valence-corrected chi connectivity index (χ3v) is 7.91. The highest BCUT2D eigenvalue weighted by Gasteiger charge is 2.54. The van der Waals surface area contributed by atoms with Crippen LogP contribution in [0, 0.1) is 0 Å². The van der Waals surface area contributed by atoms with E-state index in [0.717, 1.165) is 11.5 Å². The molecule has 138 valence electrons. The molecule has 1 spiro atoms. The summed E-state index contributed by atoms with van der Waals surface area (Å²) in [6.07, 6.45) is -0.0195. The molecule has 0 N–H and O–H groups in total. The standard InChI is InChI=1S/C17H19N3O4S2/c1-11(21)23-13-9-14(19-20-18)15(17(10-13)25-7-8-26-17)24-16(22)12-5-3-2-4-6-12/h2-6,13-15H,7-10H2,1H3/t13-,14?,15+/m1/s1. The Morgan fingerprint density at radius 2 is 1.92 bits per heavy atom. The Morgan fingerprint density at radius 3 is 2.54 bits per heavy atom. The topological polar surface area (TPSA) is 101 Å². The summed E-state index contributed by atoms with van der Waals surface area (Å²) in [5.74, 6) is 1.00. The van der Waals surface area contributed by atoms with E-state index >= 15 is 0 Å². The summed E-state index contributed by atoms with van der Waals surface area (Å²) in [6.45, 7) is 1.37. The van der Waals surface area contributed by atoms with Crippen LogP contribution in [0.3, 0.4) is 0 Å². The van der Waals surface area contributed by atoms with E-state index in [1.807, 2.05) is 6.07 Å². The number of ether oxygens (including phenoxy) is 2. The van der Waals surface area contributed by atoms with E-state index < -0.39 is 22.2 Å². The first-order valence-electron chi connectivity index (χ1n) is 8.29. The number of hydrogen-bond donors (Lipinski definition) is 0. The van der Waals surface area contributed by atoms with Crippen LogP contribution < -0.4 is 0 Å². The second kappa shape index (κ2) is 8.24. The number of nitrogens with zero attached hydrogens (tertiary/aromatic N) is 3. The molecular weight excluding hydrogens is 374 g/mol. The third kappa shape index (κ3) is 4.11. The quantitative estimate of drug-likeness (QED) is 0.334. The predicted molar refractivity (Wildman–Crippen MR) is 101 cm³/mol. The molecule has 1 saturated heterocycles. The molecule has 0 amide bonds. The summed E-state index contributed by atoms with van der Waals surface area (Å²) in [5, 5.41) is 3.87. The summed E-state index contributed by atoms with van der Waals surface area (Å²) < 4.78 is 10.8. The lowest BCUT2D eigenvalue weighted by Gasteiger charge is -2.45. The maximum absolute atomic E-state index is 12.6. The second-order valence-electron chi connectivity index (χ2n) is 6.14. The van der Waals surface area contributed by atoms with Crippen molar-refractivity contribution in [2.24, 2.45) is 5.11 Å². The summed E-state index contributed by atoms with van der Waals surface area (Å²) >= 11 is 3.37. The van der Waals surface area contributed by atoms with Gasteiger partial charge in [0.25, 0.3) is 0 Å². The van der Waals surface area contributed by atoms with Gasteiger partial charge in [-0.2, -0.15) is 0 Å². The summed E-state index contributed by atoms with van der Waals surface area (Å²) in [6, 6.07) is 8.17. The summed E-state index contributed by atoms with van der Waals surface area (Å²) in [7, 11) is 0. The molecule has 1 aliphatic carbocycles. The van der Waals surface area contributed by atoms with Crippen LogP contribution in [-0.2, 0) is 14.3 Å². The number of hydrogen-bond acceptors (Lipinski definition) is 7. The highest BCUT2D eigenvalue weighted by Crippen LogP contribution is 2.55. The fraction of sp³-hybridized carbons (Fsp3) is 0.529. The van der Waals surface area contributed by atoms with E-state index in [4.69, 9.17) is 15.0 Å². The Hall–Kier alpha value is -1.83. The molecule has 3 atom stereocenters. The second-order valence-corrected chi connectivity index (χ2v) is 9.25. The molecule has 2 aliphatic rings. The molecule has 0 bridgehead atoms. The zero-order valence-electron chi connectivity index (χ0n) is 14.2. The van der Waals surface area contributed by atoms with E-state index in [-0.39, 0.29) is 12.1 Å². The molecule has 7 nitrogen and oxygen atoms in total. The van der Waals surface area contributed by atoms with Gasteiger partial charge in [0.15, 0.2) is 0 Å². The van der Waals surface area contributed by atoms with Gasteiger partial charge in [0.05, 0.1) is 11.6 Å². The molecule has 1 saturated carbocycles. The fourth-order valence-electron chi connectivity index (χ4n) is 3.38. The minimum atomic E-state index is -0.580. The summed E-state index contributed by atoms with van der Waals surface area (Å²) in [5.41, 5.74) is 9.44. The van der Waals surface area contributed by atoms with Crippen LogP contribution in [0.4, 0.5) is 0 Å². The van der Waals surface area contributed by atoms with Crippen LogP contribution in [0.5, 0.6) is 0 Å². The molecule has 2 fully saturated rings. The van der Waals surface area contributed by atoms with Gasteiger partial charge in [-0.15, -0.1) is 23.5 Å². The Labute approximate surface area is 159 Å². The lowest BCUT2D eigenvalue weighted by Crippen LogP contribution is -2.53. The van der Waals surface area contributed by atoms with Crippen LogP contribution in [0.1, 0.15) is 30.1 Å². The van der Waals surface area contributed by atoms with Gasteiger partial charge in [0.2, 0.25) is 0 Å². The van der Waals surface area contributed by atoms with Crippen molar-refractivity contribution < 1.29 is 19.1 Å². The highest BCUT2D eigenvalue weighted by atomic mass is 32.2. The van der Waals surface area contributed by atoms with Gasteiger partial charge in [-0.05, 0) is 24.1 Å². The minimum absolute atomic E-state index is 0.346. The van der Waals surface area contributed by atoms with Crippen LogP contribution in [0.2, 0.25) is 0 Å². The average Bonchev–Trinajstić information content (AvgIpc) is 3.07. The lowest BCUT2D eigenvalue weighted by atomic mass is 9.89. The predicted octanol–water partition coefficient (Wildman–Crippen LogP) is 3.79. The number of azide groups is 1. The minimum Gasteiger partial charge on any atom is -0.462 e. The normalized spacial score (nSPS) is 26.7. The van der Waals surface area contributed by atoms with Gasteiger partial charge < -0.3 is 9.47 Å². The molecule has 0 aromatic heterocycles. The molecule has 1 unspecified atom stereocenters. The molecule has 3 rings (SSSR count). The van der Waals surface area contributed by atoms with Gasteiger partial charge in [0, 0.05) is 29.8 Å². The van der Waals surface area contributed by atoms with Gasteiger partial charge in [0.1, 0.15) is 16.3 Å². The van der Waals surface area contributed by atoms with E-state index in [0.29, 0.717) is 18.4 Å². The summed E-state index contributed by atoms with van der Waals surface area (Å²) in [4.78, 5) is 26.9. The maximum atomic E-state index is 12.6. The number of carbonyl (C=O) groups is 2. The van der Waals surface area contributed by atoms with Crippen molar-refractivity contribution in [2.45, 2.75) is 42.1 Å². The van der Waals surface area contributed by atoms with E-state index in [1.165, 1.54) is 6.92 Å².